The van der Waals surface area contributed by atoms with Crippen molar-refractivity contribution in [3.63, 3.8) is 0 Å². The van der Waals surface area contributed by atoms with Gasteiger partial charge in [-0.2, -0.15) is 0 Å². The maximum absolute atomic E-state index is 5.65. The lowest BCUT2D eigenvalue weighted by Crippen LogP contribution is -2.06. The molecule has 1 aromatic rings. The summed E-state index contributed by atoms with van der Waals surface area (Å²) < 4.78 is 7.35. The molecule has 0 aromatic carbocycles. The molecule has 0 saturated carbocycles. The fourth-order valence-electron chi connectivity index (χ4n) is 1.79. The van der Waals surface area contributed by atoms with Gasteiger partial charge in [0.2, 0.25) is 0 Å². The van der Waals surface area contributed by atoms with Crippen LogP contribution in [0.15, 0.2) is 6.07 Å². The Morgan fingerprint density at radius 1 is 1.43 bits per heavy atom. The molecule has 0 radical (unpaired) electrons. The average molecular weight is 196 g/mol. The smallest absolute Gasteiger partial charge is 0.0479 e. The van der Waals surface area contributed by atoms with Gasteiger partial charge in [-0.3, -0.25) is 0 Å². The summed E-state index contributed by atoms with van der Waals surface area (Å²) in [5, 5.41) is 0. The van der Waals surface area contributed by atoms with Crippen molar-refractivity contribution in [3.05, 3.63) is 23.0 Å². The van der Waals surface area contributed by atoms with Crippen LogP contribution in [-0.2, 0) is 17.8 Å². The van der Waals surface area contributed by atoms with Gasteiger partial charge in [-0.25, -0.2) is 0 Å². The highest BCUT2D eigenvalue weighted by Crippen LogP contribution is 2.14. The summed E-state index contributed by atoms with van der Waals surface area (Å²) in [6.07, 6.45) is 1.05. The highest BCUT2D eigenvalue weighted by atomic mass is 16.5. The number of hydrogen-bond donors (Lipinski definition) is 1. The molecule has 0 unspecified atom stereocenters. The second kappa shape index (κ2) is 5.17. The molecule has 0 fully saturated rings. The first-order valence-electron chi connectivity index (χ1n) is 5.05. The minimum absolute atomic E-state index is 0.629. The highest BCUT2D eigenvalue weighted by molar-refractivity contribution is 5.26. The predicted octanol–water partition coefficient (Wildman–Crippen LogP) is 1.60. The molecule has 1 heterocycles. The van der Waals surface area contributed by atoms with Gasteiger partial charge in [0, 0.05) is 38.2 Å². The molecular weight excluding hydrogens is 176 g/mol. The van der Waals surface area contributed by atoms with Gasteiger partial charge in [0.15, 0.2) is 0 Å². The molecule has 0 spiro atoms. The normalized spacial score (nSPS) is 10.9. The first-order valence-corrected chi connectivity index (χ1v) is 5.05. The van der Waals surface area contributed by atoms with Crippen LogP contribution in [0.2, 0.25) is 0 Å². The van der Waals surface area contributed by atoms with E-state index in [1.54, 1.807) is 7.11 Å². The van der Waals surface area contributed by atoms with E-state index in [-0.39, 0.29) is 0 Å². The summed E-state index contributed by atoms with van der Waals surface area (Å²) in [6, 6.07) is 2.17. The second-order valence-corrected chi connectivity index (χ2v) is 3.60. The summed E-state index contributed by atoms with van der Waals surface area (Å²) in [4.78, 5) is 0. The molecule has 0 aliphatic heterocycles. The zero-order chi connectivity index (χ0) is 10.6. The zero-order valence-corrected chi connectivity index (χ0v) is 9.34. The first-order chi connectivity index (χ1) is 6.70. The van der Waals surface area contributed by atoms with Crippen molar-refractivity contribution in [2.24, 2.45) is 5.73 Å². The van der Waals surface area contributed by atoms with Crippen LogP contribution in [0.5, 0.6) is 0 Å². The van der Waals surface area contributed by atoms with Gasteiger partial charge < -0.3 is 15.0 Å². The molecule has 1 aromatic heterocycles. The van der Waals surface area contributed by atoms with E-state index in [0.29, 0.717) is 6.54 Å². The van der Waals surface area contributed by atoms with E-state index in [1.165, 1.54) is 17.0 Å². The number of nitrogens with two attached hydrogens (primary N) is 1. The van der Waals surface area contributed by atoms with Gasteiger partial charge in [-0.05, 0) is 31.9 Å². The standard InChI is InChI=1S/C11H20N2O/c1-9-7-11(8-12)10(2)13(9)5-4-6-14-3/h7H,4-6,8,12H2,1-3H3. The fraction of sp³-hybridized carbons (Fsp3) is 0.636. The molecule has 0 aliphatic carbocycles. The molecule has 2 N–H and O–H groups in total. The van der Waals surface area contributed by atoms with Crippen molar-refractivity contribution in [2.75, 3.05) is 13.7 Å². The number of aromatic nitrogens is 1. The topological polar surface area (TPSA) is 40.2 Å². The molecular formula is C11H20N2O. The molecule has 80 valence electrons. The summed E-state index contributed by atoms with van der Waals surface area (Å²) in [5.74, 6) is 0. The summed E-state index contributed by atoms with van der Waals surface area (Å²) in [6.45, 7) is 6.71. The molecule has 0 atom stereocenters. The van der Waals surface area contributed by atoms with Crippen LogP contribution < -0.4 is 5.73 Å². The van der Waals surface area contributed by atoms with Crippen molar-refractivity contribution in [3.8, 4) is 0 Å². The number of nitrogens with zero attached hydrogens (tertiary/aromatic N) is 1. The number of ether oxygens (including phenoxy) is 1. The highest BCUT2D eigenvalue weighted by Gasteiger charge is 2.06. The van der Waals surface area contributed by atoms with E-state index in [1.807, 2.05) is 0 Å². The number of methoxy groups -OCH3 is 1. The van der Waals surface area contributed by atoms with Crippen LogP contribution in [0.3, 0.4) is 0 Å². The van der Waals surface area contributed by atoms with Crippen molar-refractivity contribution in [1.29, 1.82) is 0 Å². The van der Waals surface area contributed by atoms with Crippen molar-refractivity contribution >= 4 is 0 Å². The molecule has 14 heavy (non-hydrogen) atoms. The van der Waals surface area contributed by atoms with Crippen LogP contribution in [0.4, 0.5) is 0 Å². The number of aryl methyl sites for hydroxylation is 1. The lowest BCUT2D eigenvalue weighted by atomic mass is 10.2. The molecule has 3 nitrogen and oxygen atoms in total. The van der Waals surface area contributed by atoms with Crippen LogP contribution in [-0.4, -0.2) is 18.3 Å². The first kappa shape index (κ1) is 11.3. The second-order valence-electron chi connectivity index (χ2n) is 3.60. The Morgan fingerprint density at radius 3 is 2.64 bits per heavy atom. The SMILES string of the molecule is COCCCn1c(C)cc(CN)c1C. The monoisotopic (exact) mass is 196 g/mol. The van der Waals surface area contributed by atoms with E-state index >= 15 is 0 Å². The third-order valence-electron chi connectivity index (χ3n) is 2.63. The Morgan fingerprint density at radius 2 is 2.14 bits per heavy atom. The molecule has 3 heteroatoms. The molecule has 1 rings (SSSR count). The largest absolute Gasteiger partial charge is 0.385 e. The maximum Gasteiger partial charge on any atom is 0.0479 e. The van der Waals surface area contributed by atoms with Gasteiger partial charge in [-0.15, -0.1) is 0 Å². The predicted molar refractivity (Wildman–Crippen MR) is 58.3 cm³/mol. The third kappa shape index (κ3) is 2.36. The van der Waals surface area contributed by atoms with Gasteiger partial charge in [-0.1, -0.05) is 0 Å². The van der Waals surface area contributed by atoms with E-state index in [2.05, 4.69) is 24.5 Å². The van der Waals surface area contributed by atoms with Crippen LogP contribution in [0.1, 0.15) is 23.4 Å². The van der Waals surface area contributed by atoms with Crippen molar-refractivity contribution < 1.29 is 4.74 Å². The van der Waals surface area contributed by atoms with E-state index < -0.39 is 0 Å². The minimum Gasteiger partial charge on any atom is -0.385 e. The molecule has 0 bridgehead atoms. The summed E-state index contributed by atoms with van der Waals surface area (Å²) in [5.41, 5.74) is 9.48. The average Bonchev–Trinajstić information content (AvgIpc) is 2.45. The maximum atomic E-state index is 5.65. The quantitative estimate of drug-likeness (QED) is 0.727. The van der Waals surface area contributed by atoms with Crippen LogP contribution in [0.25, 0.3) is 0 Å². The van der Waals surface area contributed by atoms with Crippen LogP contribution in [0, 0.1) is 13.8 Å². The van der Waals surface area contributed by atoms with Gasteiger partial charge in [0.1, 0.15) is 0 Å². The molecule has 0 aliphatic rings. The Kier molecular flexibility index (Phi) is 4.17. The molecule has 0 saturated heterocycles. The number of rotatable bonds is 5. The van der Waals surface area contributed by atoms with Crippen molar-refractivity contribution in [2.45, 2.75) is 33.4 Å². The van der Waals surface area contributed by atoms with E-state index in [4.69, 9.17) is 10.5 Å². The zero-order valence-electron chi connectivity index (χ0n) is 9.34. The van der Waals surface area contributed by atoms with E-state index in [0.717, 1.165) is 19.6 Å². The summed E-state index contributed by atoms with van der Waals surface area (Å²) in [7, 11) is 1.74. The third-order valence-corrected chi connectivity index (χ3v) is 2.63. The minimum atomic E-state index is 0.629. The van der Waals surface area contributed by atoms with Gasteiger partial charge >= 0.3 is 0 Å². The Hall–Kier alpha value is -0.800. The number of hydrogen-bond acceptors (Lipinski definition) is 2. The molecule has 0 amide bonds. The Labute approximate surface area is 85.9 Å². The van der Waals surface area contributed by atoms with Gasteiger partial charge in [0.05, 0.1) is 0 Å². The van der Waals surface area contributed by atoms with Crippen LogP contribution >= 0.6 is 0 Å². The lowest BCUT2D eigenvalue weighted by molar-refractivity contribution is 0.190. The van der Waals surface area contributed by atoms with Crippen molar-refractivity contribution in [1.82, 2.24) is 4.57 Å². The summed E-state index contributed by atoms with van der Waals surface area (Å²) >= 11 is 0. The fourth-order valence-corrected chi connectivity index (χ4v) is 1.79. The van der Waals surface area contributed by atoms with Gasteiger partial charge in [0.25, 0.3) is 0 Å². The van der Waals surface area contributed by atoms with E-state index in [9.17, 15) is 0 Å². The Balaban J connectivity index is 2.70. The Bertz CT molecular complexity index is 292. The lowest BCUT2D eigenvalue weighted by Gasteiger charge is -2.09.